The molecule has 23 heavy (non-hydrogen) atoms. The van der Waals surface area contributed by atoms with E-state index in [0.29, 0.717) is 0 Å². The van der Waals surface area contributed by atoms with E-state index in [1.807, 2.05) is 30.3 Å². The molecule has 2 rings (SSSR count). The number of aromatic carboxylic acids is 1. The number of para-hydroxylation sites is 1. The van der Waals surface area contributed by atoms with E-state index < -0.39 is 11.9 Å². The molecular weight excluding hydrogens is 314 g/mol. The lowest BCUT2D eigenvalue weighted by Crippen LogP contribution is -2.39. The summed E-state index contributed by atoms with van der Waals surface area (Å²) in [6, 6.07) is 15.3. The first kappa shape index (κ1) is 18.1. The van der Waals surface area contributed by atoms with Gasteiger partial charge in [-0.25, -0.2) is 4.79 Å². The number of carboxylic acids is 1. The van der Waals surface area contributed by atoms with Gasteiger partial charge in [0.1, 0.15) is 0 Å². The largest absolute Gasteiger partial charge is 0.478 e. The number of thiocarbonyl (C=S) groups is 1. The summed E-state index contributed by atoms with van der Waals surface area (Å²) in [6.07, 6.45) is 0. The van der Waals surface area contributed by atoms with Crippen LogP contribution in [0.4, 0.5) is 5.69 Å². The number of nitrogens with one attached hydrogen (secondary N) is 1. The van der Waals surface area contributed by atoms with Crippen molar-refractivity contribution >= 4 is 35.3 Å². The van der Waals surface area contributed by atoms with Crippen LogP contribution in [0.3, 0.4) is 0 Å². The maximum Gasteiger partial charge on any atom is 0.336 e. The van der Waals surface area contributed by atoms with E-state index in [1.54, 1.807) is 24.2 Å². The number of hydrazine groups is 1. The molecule has 4 N–H and O–H groups in total. The fourth-order valence-corrected chi connectivity index (χ4v) is 1.80. The molecule has 0 bridgehead atoms. The molecule has 7 heteroatoms. The van der Waals surface area contributed by atoms with Gasteiger partial charge in [0.25, 0.3) is 5.91 Å². The SMILES string of the molecule is CN(NC(=O)c1ccccc1C(=O)O)c1ccccc1.NC=S. The quantitative estimate of drug-likeness (QED) is 0.586. The third-order valence-corrected chi connectivity index (χ3v) is 2.81. The molecule has 0 radical (unpaired) electrons. The van der Waals surface area contributed by atoms with Crippen LogP contribution >= 0.6 is 12.2 Å². The Labute approximate surface area is 139 Å². The lowest BCUT2D eigenvalue weighted by molar-refractivity contribution is 0.0691. The lowest BCUT2D eigenvalue weighted by atomic mass is 10.1. The fraction of sp³-hybridized carbons (Fsp3) is 0.0625. The van der Waals surface area contributed by atoms with Gasteiger partial charge >= 0.3 is 5.97 Å². The van der Waals surface area contributed by atoms with Gasteiger partial charge in [0.2, 0.25) is 0 Å². The third-order valence-electron chi connectivity index (χ3n) is 2.81. The van der Waals surface area contributed by atoms with Crippen LogP contribution in [0.2, 0.25) is 0 Å². The zero-order chi connectivity index (χ0) is 17.2. The number of hydrogen-bond acceptors (Lipinski definition) is 4. The van der Waals surface area contributed by atoms with Crippen molar-refractivity contribution in [1.82, 2.24) is 5.43 Å². The second-order valence-corrected chi connectivity index (χ2v) is 4.59. The zero-order valence-electron chi connectivity index (χ0n) is 12.5. The molecule has 0 fully saturated rings. The number of nitrogens with zero attached hydrogens (tertiary/aromatic N) is 1. The first-order valence-corrected chi connectivity index (χ1v) is 7.05. The van der Waals surface area contributed by atoms with Gasteiger partial charge < -0.3 is 10.8 Å². The highest BCUT2D eigenvalue weighted by Gasteiger charge is 2.16. The summed E-state index contributed by atoms with van der Waals surface area (Å²) >= 11 is 4.05. The Morgan fingerprint density at radius 1 is 1.09 bits per heavy atom. The number of hydrogen-bond donors (Lipinski definition) is 3. The Hall–Kier alpha value is -2.93. The van der Waals surface area contributed by atoms with Crippen molar-refractivity contribution in [2.45, 2.75) is 0 Å². The van der Waals surface area contributed by atoms with Gasteiger partial charge in [0, 0.05) is 7.05 Å². The van der Waals surface area contributed by atoms with Crippen LogP contribution in [0.1, 0.15) is 20.7 Å². The average Bonchev–Trinajstić information content (AvgIpc) is 2.56. The molecule has 0 aliphatic heterocycles. The molecule has 2 aromatic carbocycles. The Bertz CT molecular complexity index is 677. The summed E-state index contributed by atoms with van der Waals surface area (Å²) in [7, 11) is 1.69. The molecule has 0 heterocycles. The molecule has 0 aliphatic rings. The topological polar surface area (TPSA) is 95.7 Å². The molecular formula is C16H17N3O3S. The normalized spacial score (nSPS) is 9.09. The van der Waals surface area contributed by atoms with Gasteiger partial charge in [-0.05, 0) is 24.3 Å². The van der Waals surface area contributed by atoms with Crippen LogP contribution in [0.25, 0.3) is 0 Å². The second kappa shape index (κ2) is 9.16. The Balaban J connectivity index is 0.000000816. The lowest BCUT2D eigenvalue weighted by Gasteiger charge is -2.20. The molecule has 120 valence electrons. The molecule has 6 nitrogen and oxygen atoms in total. The number of rotatable bonds is 4. The highest BCUT2D eigenvalue weighted by molar-refractivity contribution is 7.78. The van der Waals surface area contributed by atoms with Crippen molar-refractivity contribution < 1.29 is 14.7 Å². The molecule has 2 aromatic rings. The highest BCUT2D eigenvalue weighted by atomic mass is 32.1. The van der Waals surface area contributed by atoms with E-state index in [1.165, 1.54) is 12.1 Å². The predicted octanol–water partition coefficient (Wildman–Crippen LogP) is 2.07. The minimum absolute atomic E-state index is 0.0218. The van der Waals surface area contributed by atoms with Crippen molar-refractivity contribution in [3.8, 4) is 0 Å². The van der Waals surface area contributed by atoms with E-state index in [4.69, 9.17) is 5.11 Å². The Kier molecular flexibility index (Phi) is 7.22. The van der Waals surface area contributed by atoms with Gasteiger partial charge in [0.05, 0.1) is 22.3 Å². The Morgan fingerprint density at radius 2 is 1.57 bits per heavy atom. The standard InChI is InChI=1S/C15H14N2O3.CH3NS/c1-17(11-7-3-2-4-8-11)16-14(18)12-9-5-6-10-13(12)15(19)20;2-1-3/h2-10H,1H3,(H,16,18)(H,19,20);1H,(H2,2,3). The summed E-state index contributed by atoms with van der Waals surface area (Å²) in [5.74, 6) is -1.59. The van der Waals surface area contributed by atoms with E-state index >= 15 is 0 Å². The summed E-state index contributed by atoms with van der Waals surface area (Å²) in [6.45, 7) is 0. The van der Waals surface area contributed by atoms with Crippen LogP contribution in [0, 0.1) is 0 Å². The summed E-state index contributed by atoms with van der Waals surface area (Å²) in [4.78, 5) is 23.2. The van der Waals surface area contributed by atoms with E-state index in [2.05, 4.69) is 23.4 Å². The maximum absolute atomic E-state index is 12.1. The first-order valence-electron chi connectivity index (χ1n) is 6.58. The van der Waals surface area contributed by atoms with Gasteiger partial charge in [0.15, 0.2) is 0 Å². The second-order valence-electron chi connectivity index (χ2n) is 4.32. The molecule has 0 atom stereocenters. The predicted molar refractivity (Wildman–Crippen MR) is 93.6 cm³/mol. The molecule has 0 unspecified atom stereocenters. The van der Waals surface area contributed by atoms with Gasteiger partial charge in [-0.2, -0.15) is 0 Å². The van der Waals surface area contributed by atoms with Gasteiger partial charge in [-0.3, -0.25) is 15.2 Å². The van der Waals surface area contributed by atoms with Gasteiger partial charge in [-0.1, -0.05) is 42.5 Å². The van der Waals surface area contributed by atoms with Crippen LogP contribution < -0.4 is 16.2 Å². The number of carboxylic acid groups (broad SMARTS) is 1. The van der Waals surface area contributed by atoms with Crippen molar-refractivity contribution in [2.24, 2.45) is 5.73 Å². The third kappa shape index (κ3) is 5.40. The molecule has 0 saturated carbocycles. The average molecular weight is 331 g/mol. The van der Waals surface area contributed by atoms with Crippen molar-refractivity contribution in [2.75, 3.05) is 12.1 Å². The number of nitrogens with two attached hydrogens (primary N) is 1. The first-order chi connectivity index (χ1) is 11.0. The Morgan fingerprint density at radius 3 is 2.09 bits per heavy atom. The van der Waals surface area contributed by atoms with E-state index in [0.717, 1.165) is 11.2 Å². The van der Waals surface area contributed by atoms with Crippen LogP contribution in [-0.4, -0.2) is 29.5 Å². The van der Waals surface area contributed by atoms with Gasteiger partial charge in [-0.15, -0.1) is 0 Å². The number of carbonyl (C=O) groups is 2. The minimum atomic E-state index is -1.13. The smallest absolute Gasteiger partial charge is 0.336 e. The molecule has 0 spiro atoms. The van der Waals surface area contributed by atoms with E-state index in [-0.39, 0.29) is 11.1 Å². The van der Waals surface area contributed by atoms with Crippen molar-refractivity contribution in [3.63, 3.8) is 0 Å². The van der Waals surface area contributed by atoms with Crippen molar-refractivity contribution in [1.29, 1.82) is 0 Å². The summed E-state index contributed by atoms with van der Waals surface area (Å²) in [5.41, 5.74) is 9.16. The zero-order valence-corrected chi connectivity index (χ0v) is 13.3. The van der Waals surface area contributed by atoms with Crippen LogP contribution in [0.5, 0.6) is 0 Å². The van der Waals surface area contributed by atoms with E-state index in [9.17, 15) is 9.59 Å². The number of amides is 1. The number of anilines is 1. The highest BCUT2D eigenvalue weighted by Crippen LogP contribution is 2.12. The molecule has 0 aliphatic carbocycles. The number of carbonyl (C=O) groups excluding carboxylic acids is 1. The summed E-state index contributed by atoms with van der Waals surface area (Å²) in [5, 5.41) is 10.6. The number of benzene rings is 2. The molecule has 1 amide bonds. The fourth-order valence-electron chi connectivity index (χ4n) is 1.80. The molecule has 0 aromatic heterocycles. The minimum Gasteiger partial charge on any atom is -0.478 e. The van der Waals surface area contributed by atoms with Crippen molar-refractivity contribution in [3.05, 3.63) is 65.7 Å². The van der Waals surface area contributed by atoms with Crippen LogP contribution in [0.15, 0.2) is 54.6 Å². The van der Waals surface area contributed by atoms with Crippen LogP contribution in [-0.2, 0) is 0 Å². The maximum atomic E-state index is 12.1. The summed E-state index contributed by atoms with van der Waals surface area (Å²) < 4.78 is 0. The monoisotopic (exact) mass is 331 g/mol. The molecule has 0 saturated heterocycles.